The predicted octanol–water partition coefficient (Wildman–Crippen LogP) is 5.16. The summed E-state index contributed by atoms with van der Waals surface area (Å²) in [6.07, 6.45) is 3.43. The average molecular weight is 369 g/mol. The van der Waals surface area contributed by atoms with Gasteiger partial charge >= 0.3 is 5.97 Å². The zero-order valence-electron chi connectivity index (χ0n) is 13.0. The highest BCUT2D eigenvalue weighted by molar-refractivity contribution is 7.17. The number of carbonyl (C=O) groups is 1. The molecule has 0 amide bonds. The molecule has 4 aromatic rings. The number of pyridine rings is 1. The van der Waals surface area contributed by atoms with Crippen LogP contribution in [-0.4, -0.2) is 20.6 Å². The molecule has 0 aliphatic carbocycles. The molecule has 0 atom stereocenters. The molecule has 25 heavy (non-hydrogen) atoms. The summed E-state index contributed by atoms with van der Waals surface area (Å²) in [5, 5.41) is 13.3. The first kappa shape index (κ1) is 15.9. The van der Waals surface area contributed by atoms with E-state index in [9.17, 15) is 9.90 Å². The van der Waals surface area contributed by atoms with E-state index in [4.69, 9.17) is 11.6 Å². The molecule has 3 heterocycles. The van der Waals surface area contributed by atoms with Crippen molar-refractivity contribution in [3.8, 4) is 11.3 Å². The molecular formula is C19H13ClN2O2S. The zero-order chi connectivity index (χ0) is 17.4. The number of hydrogen-bond donors (Lipinski definition) is 1. The molecule has 4 nitrogen and oxygen atoms in total. The lowest BCUT2D eigenvalue weighted by atomic mass is 10.1. The number of aromatic nitrogens is 2. The lowest BCUT2D eigenvalue weighted by molar-refractivity contribution is 0.0686. The van der Waals surface area contributed by atoms with Gasteiger partial charge in [0.15, 0.2) is 0 Å². The van der Waals surface area contributed by atoms with Gasteiger partial charge in [-0.1, -0.05) is 17.7 Å². The van der Waals surface area contributed by atoms with Crippen LogP contribution < -0.4 is 0 Å². The van der Waals surface area contributed by atoms with Crippen molar-refractivity contribution >= 4 is 39.0 Å². The van der Waals surface area contributed by atoms with Crippen LogP contribution in [0.3, 0.4) is 0 Å². The molecule has 0 aliphatic rings. The first-order valence-corrected chi connectivity index (χ1v) is 8.88. The maximum atomic E-state index is 11.7. The summed E-state index contributed by atoms with van der Waals surface area (Å²) in [5.41, 5.74) is 2.94. The van der Waals surface area contributed by atoms with Crippen LogP contribution >= 0.6 is 22.9 Å². The molecule has 4 rings (SSSR count). The van der Waals surface area contributed by atoms with Crippen molar-refractivity contribution in [2.24, 2.45) is 0 Å². The van der Waals surface area contributed by atoms with Crippen LogP contribution in [0.5, 0.6) is 0 Å². The van der Waals surface area contributed by atoms with Gasteiger partial charge in [-0.2, -0.15) is 0 Å². The maximum absolute atomic E-state index is 11.7. The SMILES string of the molecule is O=C(O)c1ccc(-c2cccnc2)n1Cc1csc2cccc(Cl)c12. The van der Waals surface area contributed by atoms with Crippen LogP contribution in [-0.2, 0) is 6.54 Å². The molecule has 0 spiro atoms. The Morgan fingerprint density at radius 1 is 1.20 bits per heavy atom. The van der Waals surface area contributed by atoms with Gasteiger partial charge in [-0.25, -0.2) is 4.79 Å². The fraction of sp³-hybridized carbons (Fsp3) is 0.0526. The van der Waals surface area contributed by atoms with E-state index in [2.05, 4.69) is 4.98 Å². The summed E-state index contributed by atoms with van der Waals surface area (Å²) in [6, 6.07) is 13.0. The third kappa shape index (κ3) is 2.81. The van der Waals surface area contributed by atoms with Crippen molar-refractivity contribution in [1.82, 2.24) is 9.55 Å². The molecule has 0 unspecified atom stereocenters. The maximum Gasteiger partial charge on any atom is 0.352 e. The highest BCUT2D eigenvalue weighted by Gasteiger charge is 2.17. The van der Waals surface area contributed by atoms with E-state index >= 15 is 0 Å². The Kier molecular flexibility index (Phi) is 4.03. The minimum Gasteiger partial charge on any atom is -0.477 e. The van der Waals surface area contributed by atoms with Gasteiger partial charge < -0.3 is 9.67 Å². The Balaban J connectivity index is 1.87. The second kappa shape index (κ2) is 6.35. The van der Waals surface area contributed by atoms with Crippen LogP contribution in [0.25, 0.3) is 21.3 Å². The van der Waals surface area contributed by atoms with E-state index in [1.807, 2.05) is 41.8 Å². The quantitative estimate of drug-likeness (QED) is 0.541. The Bertz CT molecular complexity index is 1070. The largest absolute Gasteiger partial charge is 0.477 e. The van der Waals surface area contributed by atoms with E-state index in [1.165, 1.54) is 0 Å². The van der Waals surface area contributed by atoms with Crippen molar-refractivity contribution in [2.45, 2.75) is 6.54 Å². The van der Waals surface area contributed by atoms with Crippen molar-refractivity contribution in [1.29, 1.82) is 0 Å². The highest BCUT2D eigenvalue weighted by Crippen LogP contribution is 2.34. The molecule has 1 N–H and O–H groups in total. The number of halogens is 1. The van der Waals surface area contributed by atoms with Gasteiger partial charge in [-0.3, -0.25) is 4.98 Å². The van der Waals surface area contributed by atoms with Crippen molar-refractivity contribution in [2.75, 3.05) is 0 Å². The monoisotopic (exact) mass is 368 g/mol. The number of rotatable bonds is 4. The summed E-state index contributed by atoms with van der Waals surface area (Å²) in [7, 11) is 0. The van der Waals surface area contributed by atoms with Crippen LogP contribution in [0.4, 0.5) is 0 Å². The minimum atomic E-state index is -0.958. The topological polar surface area (TPSA) is 55.1 Å². The lowest BCUT2D eigenvalue weighted by Gasteiger charge is -2.12. The number of hydrogen-bond acceptors (Lipinski definition) is 3. The third-order valence-electron chi connectivity index (χ3n) is 4.11. The minimum absolute atomic E-state index is 0.241. The fourth-order valence-corrected chi connectivity index (χ4v) is 4.31. The normalized spacial score (nSPS) is 11.1. The smallest absolute Gasteiger partial charge is 0.352 e. The molecule has 0 saturated heterocycles. The van der Waals surface area contributed by atoms with Gasteiger partial charge in [0, 0.05) is 39.6 Å². The van der Waals surface area contributed by atoms with E-state index in [1.54, 1.807) is 34.4 Å². The Morgan fingerprint density at radius 3 is 2.84 bits per heavy atom. The molecule has 0 bridgehead atoms. The molecule has 0 saturated carbocycles. The number of thiophene rings is 1. The van der Waals surface area contributed by atoms with Gasteiger partial charge in [-0.05, 0) is 47.3 Å². The first-order valence-electron chi connectivity index (χ1n) is 7.63. The third-order valence-corrected chi connectivity index (χ3v) is 5.42. The fourth-order valence-electron chi connectivity index (χ4n) is 2.99. The number of aromatic carboxylic acids is 1. The zero-order valence-corrected chi connectivity index (χ0v) is 14.6. The summed E-state index contributed by atoms with van der Waals surface area (Å²) in [6.45, 7) is 0.433. The predicted molar refractivity (Wildman–Crippen MR) is 101 cm³/mol. The van der Waals surface area contributed by atoms with Gasteiger partial charge in [0.2, 0.25) is 0 Å². The van der Waals surface area contributed by atoms with E-state index in [-0.39, 0.29) is 5.69 Å². The van der Waals surface area contributed by atoms with Crippen LogP contribution in [0.1, 0.15) is 16.1 Å². The number of carboxylic acids is 1. The highest BCUT2D eigenvalue weighted by atomic mass is 35.5. The molecule has 6 heteroatoms. The van der Waals surface area contributed by atoms with Crippen molar-refractivity contribution in [3.05, 3.63) is 76.5 Å². The van der Waals surface area contributed by atoms with E-state index < -0.39 is 5.97 Å². The van der Waals surface area contributed by atoms with Gasteiger partial charge in [-0.15, -0.1) is 11.3 Å². The average Bonchev–Trinajstić information content (AvgIpc) is 3.21. The number of fused-ring (bicyclic) bond motifs is 1. The molecule has 0 aliphatic heterocycles. The Hall–Kier alpha value is -2.63. The molecule has 124 valence electrons. The van der Waals surface area contributed by atoms with Gasteiger partial charge in [0.25, 0.3) is 0 Å². The Labute approximate surface area is 152 Å². The first-order chi connectivity index (χ1) is 12.1. The second-order valence-electron chi connectivity index (χ2n) is 5.61. The van der Waals surface area contributed by atoms with Crippen LogP contribution in [0.15, 0.2) is 60.2 Å². The molecular weight excluding hydrogens is 356 g/mol. The molecule has 3 aromatic heterocycles. The standard InChI is InChI=1S/C19H13ClN2O2S/c20-14-4-1-5-17-18(14)13(11-25-17)10-22-15(6-7-16(22)19(23)24)12-3-2-8-21-9-12/h1-9,11H,10H2,(H,23,24). The number of benzene rings is 1. The summed E-state index contributed by atoms with van der Waals surface area (Å²) in [4.78, 5) is 15.8. The molecule has 1 aromatic carbocycles. The van der Waals surface area contributed by atoms with Crippen LogP contribution in [0.2, 0.25) is 5.02 Å². The summed E-state index contributed by atoms with van der Waals surface area (Å²) in [5.74, 6) is -0.958. The molecule has 0 fully saturated rings. The van der Waals surface area contributed by atoms with Crippen molar-refractivity contribution < 1.29 is 9.90 Å². The van der Waals surface area contributed by atoms with Gasteiger partial charge in [0.05, 0.1) is 5.69 Å². The summed E-state index contributed by atoms with van der Waals surface area (Å²) >= 11 is 7.98. The van der Waals surface area contributed by atoms with Crippen LogP contribution in [0, 0.1) is 0 Å². The lowest BCUT2D eigenvalue weighted by Crippen LogP contribution is -2.10. The summed E-state index contributed by atoms with van der Waals surface area (Å²) < 4.78 is 2.89. The number of carboxylic acid groups (broad SMARTS) is 1. The van der Waals surface area contributed by atoms with Crippen molar-refractivity contribution in [3.63, 3.8) is 0 Å². The van der Waals surface area contributed by atoms with E-state index in [0.29, 0.717) is 11.6 Å². The molecule has 0 radical (unpaired) electrons. The van der Waals surface area contributed by atoms with Gasteiger partial charge in [0.1, 0.15) is 5.69 Å². The van der Waals surface area contributed by atoms with E-state index in [0.717, 1.165) is 26.9 Å². The number of nitrogens with zero attached hydrogens (tertiary/aromatic N) is 2. The Morgan fingerprint density at radius 2 is 2.08 bits per heavy atom. The second-order valence-corrected chi connectivity index (χ2v) is 6.93.